The van der Waals surface area contributed by atoms with Crippen LogP contribution in [0.25, 0.3) is 0 Å². The highest BCUT2D eigenvalue weighted by Crippen LogP contribution is 2.10. The van der Waals surface area contributed by atoms with Crippen LogP contribution in [0.1, 0.15) is 69.8 Å². The first-order chi connectivity index (χ1) is 12.4. The number of unbranched alkanes of at least 4 members (excludes halogenated alkanes) is 8. The maximum Gasteiger partial charge on any atom is 0.147 e. The van der Waals surface area contributed by atoms with Crippen molar-refractivity contribution in [3.05, 3.63) is 48.0 Å². The number of hydrogen-bond donors (Lipinski definition) is 0. The van der Waals surface area contributed by atoms with E-state index in [1.165, 1.54) is 67.8 Å². The second-order valence-corrected chi connectivity index (χ2v) is 7.51. The minimum absolute atomic E-state index is 0.376. The summed E-state index contributed by atoms with van der Waals surface area (Å²) in [5.74, 6) is 0. The van der Waals surface area contributed by atoms with E-state index in [2.05, 4.69) is 46.9 Å². The van der Waals surface area contributed by atoms with E-state index in [9.17, 15) is 0 Å². The van der Waals surface area contributed by atoms with Gasteiger partial charge in [0, 0.05) is 0 Å². The Hall–Kier alpha value is -0.390. The molecule has 0 aliphatic rings. The summed E-state index contributed by atoms with van der Waals surface area (Å²) in [6.45, 7) is 1.73. The first-order valence-electron chi connectivity index (χ1n) is 9.84. The summed E-state index contributed by atoms with van der Waals surface area (Å²) in [4.78, 5) is 0. The predicted octanol–water partition coefficient (Wildman–Crippen LogP) is 7.07. The van der Waals surface area contributed by atoms with E-state index in [1.54, 1.807) is 0 Å². The van der Waals surface area contributed by atoms with E-state index in [0.29, 0.717) is 13.4 Å². The standard InChI is InChI=1S/C22H35IO2/c23-18-14-9-7-5-3-1-2-4-6-8-10-15-19-24-21-25-20-22-16-12-11-13-17-22/h8,10-13,16-17H,1-7,9,14-15,18-21H2. The number of ether oxygens (including phenoxy) is 2. The topological polar surface area (TPSA) is 18.5 Å². The summed E-state index contributed by atoms with van der Waals surface area (Å²) >= 11 is 2.47. The van der Waals surface area contributed by atoms with Crippen LogP contribution in [-0.4, -0.2) is 17.8 Å². The van der Waals surface area contributed by atoms with Gasteiger partial charge in [0.25, 0.3) is 0 Å². The van der Waals surface area contributed by atoms with Gasteiger partial charge < -0.3 is 9.47 Å². The minimum Gasteiger partial charge on any atom is -0.355 e. The highest BCUT2D eigenvalue weighted by molar-refractivity contribution is 14.1. The largest absolute Gasteiger partial charge is 0.355 e. The van der Waals surface area contributed by atoms with Crippen LogP contribution in [0.3, 0.4) is 0 Å². The number of allylic oxidation sites excluding steroid dienone is 1. The molecule has 1 aromatic rings. The zero-order valence-electron chi connectivity index (χ0n) is 15.6. The molecule has 0 aromatic heterocycles. The Morgan fingerprint density at radius 2 is 1.36 bits per heavy atom. The predicted molar refractivity (Wildman–Crippen MR) is 116 cm³/mol. The van der Waals surface area contributed by atoms with Crippen molar-refractivity contribution < 1.29 is 9.47 Å². The molecule has 0 radical (unpaired) electrons. The molecule has 0 aliphatic carbocycles. The summed E-state index contributed by atoms with van der Waals surface area (Å²) in [6.07, 6.45) is 17.9. The number of hydrogen-bond acceptors (Lipinski definition) is 2. The third kappa shape index (κ3) is 15.6. The summed E-state index contributed by atoms with van der Waals surface area (Å²) in [5.41, 5.74) is 1.19. The lowest BCUT2D eigenvalue weighted by Gasteiger charge is -2.04. The van der Waals surface area contributed by atoms with E-state index in [1.807, 2.05) is 18.2 Å². The Kier molecular flexibility index (Phi) is 16.7. The van der Waals surface area contributed by atoms with Crippen molar-refractivity contribution in [2.24, 2.45) is 0 Å². The molecule has 0 N–H and O–H groups in total. The van der Waals surface area contributed by atoms with Crippen LogP contribution in [-0.2, 0) is 16.1 Å². The SMILES string of the molecule is ICCCCCCCCCCC=CCCOCOCc1ccccc1. The van der Waals surface area contributed by atoms with Crippen molar-refractivity contribution in [1.82, 2.24) is 0 Å². The van der Waals surface area contributed by atoms with Gasteiger partial charge in [-0.25, -0.2) is 0 Å². The van der Waals surface area contributed by atoms with Crippen molar-refractivity contribution >= 4 is 22.6 Å². The van der Waals surface area contributed by atoms with Gasteiger partial charge in [-0.05, 0) is 35.7 Å². The van der Waals surface area contributed by atoms with Crippen molar-refractivity contribution in [2.75, 3.05) is 17.8 Å². The molecule has 0 unspecified atom stereocenters. The Morgan fingerprint density at radius 1 is 0.720 bits per heavy atom. The lowest BCUT2D eigenvalue weighted by molar-refractivity contribution is -0.0600. The van der Waals surface area contributed by atoms with Gasteiger partial charge in [-0.2, -0.15) is 0 Å². The lowest BCUT2D eigenvalue weighted by Crippen LogP contribution is -2.01. The molecule has 0 saturated carbocycles. The number of halogens is 1. The average molecular weight is 458 g/mol. The quantitative estimate of drug-likeness (QED) is 0.0817. The Morgan fingerprint density at radius 3 is 2.08 bits per heavy atom. The molecule has 0 aliphatic heterocycles. The van der Waals surface area contributed by atoms with E-state index in [-0.39, 0.29) is 0 Å². The van der Waals surface area contributed by atoms with Crippen LogP contribution in [0.2, 0.25) is 0 Å². The van der Waals surface area contributed by atoms with E-state index < -0.39 is 0 Å². The molecule has 0 fully saturated rings. The van der Waals surface area contributed by atoms with Crippen LogP contribution < -0.4 is 0 Å². The lowest BCUT2D eigenvalue weighted by atomic mass is 10.1. The van der Waals surface area contributed by atoms with E-state index in [4.69, 9.17) is 9.47 Å². The highest BCUT2D eigenvalue weighted by Gasteiger charge is 1.92. The molecule has 142 valence electrons. The van der Waals surface area contributed by atoms with Crippen molar-refractivity contribution in [3.8, 4) is 0 Å². The molecule has 1 rings (SSSR count). The highest BCUT2D eigenvalue weighted by atomic mass is 127. The second-order valence-electron chi connectivity index (χ2n) is 6.43. The fourth-order valence-corrected chi connectivity index (χ4v) is 3.20. The monoisotopic (exact) mass is 458 g/mol. The van der Waals surface area contributed by atoms with Gasteiger partial charge in [-0.3, -0.25) is 0 Å². The second kappa shape index (κ2) is 18.4. The molecule has 3 heteroatoms. The molecule has 0 spiro atoms. The summed E-state index contributed by atoms with van der Waals surface area (Å²) < 4.78 is 12.3. The fourth-order valence-electron chi connectivity index (χ4n) is 2.66. The van der Waals surface area contributed by atoms with Crippen molar-refractivity contribution in [1.29, 1.82) is 0 Å². The first-order valence-corrected chi connectivity index (χ1v) is 11.4. The molecule has 0 bridgehead atoms. The first kappa shape index (κ1) is 22.7. The molecule has 2 nitrogen and oxygen atoms in total. The zero-order chi connectivity index (χ0) is 17.8. The Labute approximate surface area is 168 Å². The van der Waals surface area contributed by atoms with Gasteiger partial charge in [0.1, 0.15) is 6.79 Å². The molecule has 0 saturated heterocycles. The van der Waals surface area contributed by atoms with Gasteiger partial charge in [0.2, 0.25) is 0 Å². The Bertz CT molecular complexity index is 406. The van der Waals surface area contributed by atoms with Crippen LogP contribution in [0.5, 0.6) is 0 Å². The minimum atomic E-state index is 0.376. The number of benzene rings is 1. The molecular formula is C22H35IO2. The maximum absolute atomic E-state index is 5.49. The number of alkyl halides is 1. The Balaban J connectivity index is 1.75. The third-order valence-electron chi connectivity index (χ3n) is 4.13. The maximum atomic E-state index is 5.49. The molecule has 0 atom stereocenters. The molecule has 25 heavy (non-hydrogen) atoms. The van der Waals surface area contributed by atoms with E-state index >= 15 is 0 Å². The normalized spacial score (nSPS) is 11.4. The van der Waals surface area contributed by atoms with Crippen LogP contribution in [0.15, 0.2) is 42.5 Å². The number of rotatable bonds is 17. The molecule has 0 heterocycles. The van der Waals surface area contributed by atoms with Gasteiger partial charge in [0.05, 0.1) is 13.2 Å². The van der Waals surface area contributed by atoms with Gasteiger partial charge in [-0.15, -0.1) is 0 Å². The van der Waals surface area contributed by atoms with Gasteiger partial charge in [-0.1, -0.05) is 104 Å². The van der Waals surface area contributed by atoms with Crippen LogP contribution in [0, 0.1) is 0 Å². The van der Waals surface area contributed by atoms with Crippen molar-refractivity contribution in [2.45, 2.75) is 70.8 Å². The average Bonchev–Trinajstić information content (AvgIpc) is 2.65. The fraction of sp³-hybridized carbons (Fsp3) is 0.636. The van der Waals surface area contributed by atoms with Gasteiger partial charge >= 0.3 is 0 Å². The smallest absolute Gasteiger partial charge is 0.147 e. The third-order valence-corrected chi connectivity index (χ3v) is 4.89. The summed E-state index contributed by atoms with van der Waals surface area (Å²) in [7, 11) is 0. The molecule has 0 amide bonds. The van der Waals surface area contributed by atoms with E-state index in [0.717, 1.165) is 13.0 Å². The van der Waals surface area contributed by atoms with Crippen LogP contribution >= 0.6 is 22.6 Å². The summed E-state index contributed by atoms with van der Waals surface area (Å²) in [6, 6.07) is 10.2. The molecule has 1 aromatic carbocycles. The van der Waals surface area contributed by atoms with Crippen molar-refractivity contribution in [3.63, 3.8) is 0 Å². The molecular weight excluding hydrogens is 423 g/mol. The zero-order valence-corrected chi connectivity index (χ0v) is 17.8. The summed E-state index contributed by atoms with van der Waals surface area (Å²) in [5, 5.41) is 0. The van der Waals surface area contributed by atoms with Gasteiger partial charge in [0.15, 0.2) is 0 Å². The van der Waals surface area contributed by atoms with Crippen LogP contribution in [0.4, 0.5) is 0 Å².